The lowest BCUT2D eigenvalue weighted by atomic mass is 10.2. The third kappa shape index (κ3) is 4.64. The highest BCUT2D eigenvalue weighted by Crippen LogP contribution is 2.40. The molecular formula is C8H11BrF4. The first-order valence-corrected chi connectivity index (χ1v) is 4.73. The fourth-order valence-corrected chi connectivity index (χ4v) is 0.780. The molecule has 0 aromatic rings. The molecule has 0 nitrogen and oxygen atoms in total. The smallest absolute Gasteiger partial charge is 0.194 e. The third-order valence-electron chi connectivity index (χ3n) is 1.43. The van der Waals surface area contributed by atoms with E-state index in [1.807, 2.05) is 6.92 Å². The molecule has 0 atom stereocenters. The summed E-state index contributed by atoms with van der Waals surface area (Å²) in [5.74, 6) is -4.11. The van der Waals surface area contributed by atoms with Crippen LogP contribution < -0.4 is 0 Å². The first-order chi connectivity index (χ1) is 5.81. The lowest BCUT2D eigenvalue weighted by Gasteiger charge is -2.17. The summed E-state index contributed by atoms with van der Waals surface area (Å²) in [4.78, 5) is -4.16. The summed E-state index contributed by atoms with van der Waals surface area (Å²) in [6.45, 7) is 1.89. The zero-order valence-corrected chi connectivity index (χ0v) is 8.75. The molecule has 0 amide bonds. The van der Waals surface area contributed by atoms with Gasteiger partial charge in [-0.05, 0) is 28.4 Å². The van der Waals surface area contributed by atoms with E-state index in [4.69, 9.17) is 0 Å². The molecule has 0 radical (unpaired) electrons. The van der Waals surface area contributed by atoms with Crippen molar-refractivity contribution < 1.29 is 17.6 Å². The van der Waals surface area contributed by atoms with E-state index in [1.165, 1.54) is 0 Å². The van der Waals surface area contributed by atoms with Gasteiger partial charge in [-0.1, -0.05) is 25.8 Å². The molecular weight excluding hydrogens is 252 g/mol. The molecule has 0 heterocycles. The van der Waals surface area contributed by atoms with Gasteiger partial charge >= 0.3 is 10.8 Å². The average Bonchev–Trinajstić information content (AvgIpc) is 1.96. The van der Waals surface area contributed by atoms with Gasteiger partial charge in [-0.25, -0.2) is 0 Å². The number of hydrogen-bond acceptors (Lipinski definition) is 0. The molecule has 0 N–H and O–H groups in total. The Bertz CT molecular complexity index is 171. The van der Waals surface area contributed by atoms with Crippen molar-refractivity contribution in [2.24, 2.45) is 0 Å². The standard InChI is InChI=1S/C8H11BrF4/c1-2-3-4-5-6-7(10,11)8(9,12)13/h5-6H,2-4H2,1H3. The van der Waals surface area contributed by atoms with Crippen molar-refractivity contribution in [3.63, 3.8) is 0 Å². The van der Waals surface area contributed by atoms with Crippen LogP contribution >= 0.6 is 15.9 Å². The van der Waals surface area contributed by atoms with E-state index in [0.29, 0.717) is 6.42 Å². The van der Waals surface area contributed by atoms with Gasteiger partial charge in [-0.2, -0.15) is 17.6 Å². The van der Waals surface area contributed by atoms with Gasteiger partial charge in [0.15, 0.2) is 0 Å². The Balaban J connectivity index is 4.09. The van der Waals surface area contributed by atoms with Crippen LogP contribution in [0.4, 0.5) is 17.6 Å². The second-order valence-corrected chi connectivity index (χ2v) is 3.66. The van der Waals surface area contributed by atoms with E-state index in [9.17, 15) is 17.6 Å². The van der Waals surface area contributed by atoms with Crippen LogP contribution in [-0.2, 0) is 0 Å². The molecule has 13 heavy (non-hydrogen) atoms. The SMILES string of the molecule is CCCCC=CC(F)(F)C(F)(F)Br. The first-order valence-electron chi connectivity index (χ1n) is 3.93. The number of unbranched alkanes of at least 4 members (excludes halogenated alkanes) is 2. The Labute approximate surface area is 83.1 Å². The van der Waals surface area contributed by atoms with Crippen molar-refractivity contribution in [1.82, 2.24) is 0 Å². The van der Waals surface area contributed by atoms with Crippen LogP contribution in [0.5, 0.6) is 0 Å². The molecule has 0 aromatic carbocycles. The highest BCUT2D eigenvalue weighted by molar-refractivity contribution is 9.10. The second-order valence-electron chi connectivity index (χ2n) is 2.67. The monoisotopic (exact) mass is 262 g/mol. The van der Waals surface area contributed by atoms with Gasteiger partial charge in [0.25, 0.3) is 0 Å². The van der Waals surface area contributed by atoms with Crippen molar-refractivity contribution in [3.05, 3.63) is 12.2 Å². The van der Waals surface area contributed by atoms with Crippen LogP contribution in [0.1, 0.15) is 26.2 Å². The molecule has 0 spiro atoms. The van der Waals surface area contributed by atoms with Crippen LogP contribution in [-0.4, -0.2) is 10.8 Å². The topological polar surface area (TPSA) is 0 Å². The van der Waals surface area contributed by atoms with E-state index in [0.717, 1.165) is 18.9 Å². The van der Waals surface area contributed by atoms with Gasteiger partial charge in [0, 0.05) is 0 Å². The molecule has 0 saturated carbocycles. The van der Waals surface area contributed by atoms with Gasteiger partial charge in [-0.3, -0.25) is 0 Å². The van der Waals surface area contributed by atoms with Crippen LogP contribution in [0.25, 0.3) is 0 Å². The van der Waals surface area contributed by atoms with Crippen LogP contribution in [0, 0.1) is 0 Å². The maximum Gasteiger partial charge on any atom is 0.367 e. The summed E-state index contributed by atoms with van der Waals surface area (Å²) < 4.78 is 49.2. The Kier molecular flexibility index (Phi) is 4.96. The fraction of sp³-hybridized carbons (Fsp3) is 0.750. The summed E-state index contributed by atoms with van der Waals surface area (Å²) in [5, 5.41) is 0. The van der Waals surface area contributed by atoms with E-state index in [-0.39, 0.29) is 6.08 Å². The molecule has 0 bridgehead atoms. The Morgan fingerprint density at radius 3 is 2.15 bits per heavy atom. The van der Waals surface area contributed by atoms with Crippen LogP contribution in [0.2, 0.25) is 0 Å². The van der Waals surface area contributed by atoms with E-state index < -0.39 is 10.8 Å². The van der Waals surface area contributed by atoms with Crippen molar-refractivity contribution in [2.45, 2.75) is 36.9 Å². The number of allylic oxidation sites excluding steroid dienone is 2. The quantitative estimate of drug-likeness (QED) is 0.299. The summed E-state index contributed by atoms with van der Waals surface area (Å²) in [7, 11) is 0. The summed E-state index contributed by atoms with van der Waals surface area (Å²) in [6, 6.07) is 0. The molecule has 0 aromatic heterocycles. The zero-order chi connectivity index (χ0) is 10.5. The van der Waals surface area contributed by atoms with Gasteiger partial charge < -0.3 is 0 Å². The van der Waals surface area contributed by atoms with Gasteiger partial charge in [0.2, 0.25) is 0 Å². The van der Waals surface area contributed by atoms with Crippen molar-refractivity contribution in [3.8, 4) is 0 Å². The first kappa shape index (κ1) is 12.9. The number of rotatable bonds is 5. The molecule has 5 heteroatoms. The predicted molar refractivity (Wildman–Crippen MR) is 47.5 cm³/mol. The van der Waals surface area contributed by atoms with Crippen LogP contribution in [0.15, 0.2) is 12.2 Å². The molecule has 0 aliphatic carbocycles. The third-order valence-corrected chi connectivity index (χ3v) is 1.96. The molecule has 0 fully saturated rings. The molecule has 0 aliphatic heterocycles. The fourth-order valence-electron chi connectivity index (χ4n) is 0.648. The number of hydrogen-bond donors (Lipinski definition) is 0. The Morgan fingerprint density at radius 2 is 1.77 bits per heavy atom. The largest absolute Gasteiger partial charge is 0.367 e. The lowest BCUT2D eigenvalue weighted by Crippen LogP contribution is -2.32. The maximum atomic E-state index is 12.5. The van der Waals surface area contributed by atoms with Gasteiger partial charge in [0.1, 0.15) is 0 Å². The summed E-state index contributed by atoms with van der Waals surface area (Å²) in [5.41, 5.74) is 0. The Morgan fingerprint density at radius 1 is 1.23 bits per heavy atom. The normalized spacial score (nSPS) is 14.0. The van der Waals surface area contributed by atoms with E-state index in [2.05, 4.69) is 0 Å². The Hall–Kier alpha value is -0.0600. The van der Waals surface area contributed by atoms with Gasteiger partial charge in [-0.15, -0.1) is 0 Å². The molecule has 78 valence electrons. The minimum atomic E-state index is -4.16. The van der Waals surface area contributed by atoms with Crippen LogP contribution in [0.3, 0.4) is 0 Å². The molecule has 0 rings (SSSR count). The van der Waals surface area contributed by atoms with Crippen molar-refractivity contribution in [2.75, 3.05) is 0 Å². The number of alkyl halides is 5. The molecule has 0 unspecified atom stereocenters. The van der Waals surface area contributed by atoms with E-state index in [1.54, 1.807) is 15.9 Å². The van der Waals surface area contributed by atoms with E-state index >= 15 is 0 Å². The highest BCUT2D eigenvalue weighted by Gasteiger charge is 2.51. The minimum Gasteiger partial charge on any atom is -0.194 e. The predicted octanol–water partition coefficient (Wildman–Crippen LogP) is 4.36. The maximum absolute atomic E-state index is 12.5. The average molecular weight is 263 g/mol. The van der Waals surface area contributed by atoms with Crippen molar-refractivity contribution >= 4 is 15.9 Å². The molecule has 0 aliphatic rings. The molecule has 0 saturated heterocycles. The zero-order valence-electron chi connectivity index (χ0n) is 7.17. The second kappa shape index (κ2) is 4.98. The number of halogens is 5. The highest BCUT2D eigenvalue weighted by atomic mass is 79.9. The van der Waals surface area contributed by atoms with Gasteiger partial charge in [0.05, 0.1) is 0 Å². The summed E-state index contributed by atoms with van der Waals surface area (Å²) >= 11 is 1.63. The van der Waals surface area contributed by atoms with Crippen molar-refractivity contribution in [1.29, 1.82) is 0 Å². The minimum absolute atomic E-state index is 0.247. The summed E-state index contributed by atoms with van der Waals surface area (Å²) in [6.07, 6.45) is 3.30. The lowest BCUT2D eigenvalue weighted by molar-refractivity contribution is -0.111.